The number of anilines is 1. The van der Waals surface area contributed by atoms with Crippen LogP contribution >= 0.6 is 11.3 Å². The van der Waals surface area contributed by atoms with Gasteiger partial charge in [-0.3, -0.25) is 19.4 Å². The summed E-state index contributed by atoms with van der Waals surface area (Å²) in [7, 11) is 0. The maximum absolute atomic E-state index is 13.2. The summed E-state index contributed by atoms with van der Waals surface area (Å²) in [5.74, 6) is -2.90. The number of amides is 2. The van der Waals surface area contributed by atoms with Gasteiger partial charge in [0.1, 0.15) is 5.00 Å². The number of aliphatic carboxylic acids is 1. The van der Waals surface area contributed by atoms with Crippen LogP contribution in [0.5, 0.6) is 0 Å². The maximum atomic E-state index is 13.2. The Kier molecular flexibility index (Phi) is 5.55. The minimum atomic E-state index is -0.929. The zero-order chi connectivity index (χ0) is 22.2. The number of pyridine rings is 1. The Balaban J connectivity index is 1.39. The van der Waals surface area contributed by atoms with Crippen molar-refractivity contribution < 1.29 is 19.5 Å². The summed E-state index contributed by atoms with van der Waals surface area (Å²) in [6.07, 6.45) is 11.8. The number of fused-ring (bicyclic) bond motifs is 3. The van der Waals surface area contributed by atoms with Crippen LogP contribution in [0.15, 0.2) is 36.7 Å². The van der Waals surface area contributed by atoms with E-state index in [0.717, 1.165) is 41.7 Å². The molecule has 1 fully saturated rings. The molecule has 2 aromatic rings. The summed E-state index contributed by atoms with van der Waals surface area (Å²) in [4.78, 5) is 43.5. The number of allylic oxidation sites excluding steroid dienone is 2. The molecule has 8 heteroatoms. The van der Waals surface area contributed by atoms with E-state index in [-0.39, 0.29) is 23.7 Å². The molecular weight excluding hydrogens is 426 g/mol. The fraction of sp³-hybridized carbons (Fsp3) is 0.417. The van der Waals surface area contributed by atoms with Gasteiger partial charge in [0.15, 0.2) is 0 Å². The van der Waals surface area contributed by atoms with Crippen LogP contribution in [-0.4, -0.2) is 27.9 Å². The summed E-state index contributed by atoms with van der Waals surface area (Å²) in [6, 6.07) is 3.72. The number of carboxylic acids is 1. The normalized spacial score (nSPS) is 25.4. The molecule has 0 aromatic carbocycles. The van der Waals surface area contributed by atoms with Gasteiger partial charge in [-0.1, -0.05) is 18.2 Å². The van der Waals surface area contributed by atoms with Crippen LogP contribution in [-0.2, 0) is 29.0 Å². The zero-order valence-electron chi connectivity index (χ0n) is 17.5. The van der Waals surface area contributed by atoms with E-state index in [1.807, 2.05) is 24.3 Å². The van der Waals surface area contributed by atoms with Gasteiger partial charge in [0.05, 0.1) is 17.4 Å². The topological polar surface area (TPSA) is 108 Å². The molecule has 2 heterocycles. The van der Waals surface area contributed by atoms with E-state index in [1.165, 1.54) is 11.3 Å². The summed E-state index contributed by atoms with van der Waals surface area (Å²) in [6.45, 7) is 0.350. The molecule has 5 rings (SSSR count). The van der Waals surface area contributed by atoms with Gasteiger partial charge in [-0.2, -0.15) is 0 Å². The zero-order valence-corrected chi connectivity index (χ0v) is 18.4. The molecule has 0 radical (unpaired) electrons. The Bertz CT molecular complexity index is 1090. The molecule has 4 atom stereocenters. The van der Waals surface area contributed by atoms with Crippen molar-refractivity contribution >= 4 is 34.1 Å². The number of thiophene rings is 1. The number of aryl methyl sites for hydroxylation is 1. The van der Waals surface area contributed by atoms with Crippen molar-refractivity contribution in [2.45, 2.75) is 38.6 Å². The minimum Gasteiger partial charge on any atom is -0.481 e. The van der Waals surface area contributed by atoms with E-state index in [1.54, 1.807) is 12.4 Å². The summed E-state index contributed by atoms with van der Waals surface area (Å²) >= 11 is 1.46. The first kappa shape index (κ1) is 20.9. The third-order valence-corrected chi connectivity index (χ3v) is 8.07. The Hall–Kier alpha value is -3.00. The fourth-order valence-corrected chi connectivity index (χ4v) is 6.67. The van der Waals surface area contributed by atoms with Gasteiger partial charge in [-0.05, 0) is 61.1 Å². The van der Waals surface area contributed by atoms with Gasteiger partial charge in [-0.25, -0.2) is 0 Å². The van der Waals surface area contributed by atoms with Crippen LogP contribution in [0.25, 0.3) is 0 Å². The number of rotatable bonds is 6. The second-order valence-electron chi connectivity index (χ2n) is 8.79. The lowest BCUT2D eigenvalue weighted by Gasteiger charge is -2.23. The van der Waals surface area contributed by atoms with E-state index >= 15 is 0 Å². The first-order valence-electron chi connectivity index (χ1n) is 11.1. The van der Waals surface area contributed by atoms with Gasteiger partial charge in [-0.15, -0.1) is 11.3 Å². The van der Waals surface area contributed by atoms with Crippen LogP contribution in [0.1, 0.15) is 45.6 Å². The molecule has 0 unspecified atom stereocenters. The molecule has 0 spiro atoms. The van der Waals surface area contributed by atoms with E-state index in [4.69, 9.17) is 0 Å². The maximum Gasteiger partial charge on any atom is 0.307 e. The molecule has 3 aliphatic carbocycles. The van der Waals surface area contributed by atoms with Gasteiger partial charge in [0.25, 0.3) is 5.91 Å². The second kappa shape index (κ2) is 8.50. The number of carbonyl (C=O) groups is 3. The third kappa shape index (κ3) is 3.72. The summed E-state index contributed by atoms with van der Waals surface area (Å²) in [5.41, 5.74) is 2.45. The van der Waals surface area contributed by atoms with Crippen molar-refractivity contribution in [3.8, 4) is 0 Å². The summed E-state index contributed by atoms with van der Waals surface area (Å²) in [5, 5.41) is 16.2. The molecule has 2 aromatic heterocycles. The molecule has 2 bridgehead atoms. The minimum absolute atomic E-state index is 0.0569. The first-order valence-corrected chi connectivity index (χ1v) is 11.9. The predicted molar refractivity (Wildman–Crippen MR) is 120 cm³/mol. The lowest BCUT2D eigenvalue weighted by Crippen LogP contribution is -2.36. The van der Waals surface area contributed by atoms with Crippen LogP contribution in [0.4, 0.5) is 5.00 Å². The largest absolute Gasteiger partial charge is 0.481 e. The second-order valence-corrected chi connectivity index (χ2v) is 9.89. The van der Waals surface area contributed by atoms with Crippen molar-refractivity contribution in [2.24, 2.45) is 23.7 Å². The van der Waals surface area contributed by atoms with E-state index in [9.17, 15) is 19.5 Å². The first-order chi connectivity index (χ1) is 15.5. The van der Waals surface area contributed by atoms with Crippen LogP contribution in [0, 0.1) is 23.7 Å². The highest BCUT2D eigenvalue weighted by Gasteiger charge is 2.51. The number of carboxylic acid groups (broad SMARTS) is 1. The van der Waals surface area contributed by atoms with E-state index in [2.05, 4.69) is 15.6 Å². The molecular formula is C24H25N3O4S. The molecule has 0 saturated heterocycles. The lowest BCUT2D eigenvalue weighted by molar-refractivity contribution is -0.146. The highest BCUT2D eigenvalue weighted by atomic mass is 32.1. The van der Waals surface area contributed by atoms with E-state index < -0.39 is 17.8 Å². The number of nitrogens with one attached hydrogen (secondary N) is 2. The Morgan fingerprint density at radius 3 is 2.66 bits per heavy atom. The number of carbonyl (C=O) groups excluding carboxylic acids is 2. The molecule has 32 heavy (non-hydrogen) atoms. The van der Waals surface area contributed by atoms with Gasteiger partial charge in [0, 0.05) is 23.8 Å². The average molecular weight is 452 g/mol. The number of hydrogen-bond donors (Lipinski definition) is 3. The average Bonchev–Trinajstić information content (AvgIpc) is 3.50. The van der Waals surface area contributed by atoms with Crippen LogP contribution in [0.3, 0.4) is 0 Å². The molecule has 3 aliphatic rings. The fourth-order valence-electron chi connectivity index (χ4n) is 5.38. The summed E-state index contributed by atoms with van der Waals surface area (Å²) < 4.78 is 0. The molecule has 7 nitrogen and oxygen atoms in total. The smallest absolute Gasteiger partial charge is 0.307 e. The van der Waals surface area contributed by atoms with Gasteiger partial charge in [0.2, 0.25) is 5.91 Å². The number of aromatic nitrogens is 1. The molecule has 3 N–H and O–H groups in total. The Morgan fingerprint density at radius 2 is 1.91 bits per heavy atom. The van der Waals surface area contributed by atoms with Gasteiger partial charge < -0.3 is 15.7 Å². The molecule has 1 saturated carbocycles. The lowest BCUT2D eigenvalue weighted by atomic mass is 9.82. The quantitative estimate of drug-likeness (QED) is 0.583. The Labute approximate surface area is 189 Å². The van der Waals surface area contributed by atoms with Crippen molar-refractivity contribution in [1.82, 2.24) is 10.3 Å². The molecule has 0 aliphatic heterocycles. The van der Waals surface area contributed by atoms with Crippen molar-refractivity contribution in [2.75, 3.05) is 5.32 Å². The van der Waals surface area contributed by atoms with Crippen molar-refractivity contribution in [3.05, 3.63) is 58.2 Å². The van der Waals surface area contributed by atoms with Crippen molar-refractivity contribution in [3.63, 3.8) is 0 Å². The van der Waals surface area contributed by atoms with Gasteiger partial charge >= 0.3 is 5.97 Å². The van der Waals surface area contributed by atoms with Crippen molar-refractivity contribution in [1.29, 1.82) is 0 Å². The number of nitrogens with zero attached hydrogens (tertiary/aromatic N) is 1. The molecule has 2 amide bonds. The van der Waals surface area contributed by atoms with Crippen LogP contribution < -0.4 is 10.6 Å². The van der Waals surface area contributed by atoms with Crippen LogP contribution in [0.2, 0.25) is 0 Å². The predicted octanol–water partition coefficient (Wildman–Crippen LogP) is 3.41. The Morgan fingerprint density at radius 1 is 1.12 bits per heavy atom. The van der Waals surface area contributed by atoms with E-state index in [0.29, 0.717) is 23.5 Å². The third-order valence-electron chi connectivity index (χ3n) is 6.86. The highest BCUT2D eigenvalue weighted by Crippen LogP contribution is 2.49. The standard InChI is InChI=1S/C24H25N3O4S/c28-21(26-12-13-4-3-9-25-11-13)20-16-5-1-2-6-17(16)32-23(20)27-22(29)18-14-7-8-15(10-14)19(18)24(30)31/h3-4,7-9,11,14-15,18-19H,1-2,5-6,10,12H2,(H,26,28)(H,27,29)(H,30,31)/t14-,15+,18-,19-/m0/s1. The number of hydrogen-bond acceptors (Lipinski definition) is 5. The molecule has 166 valence electrons. The highest BCUT2D eigenvalue weighted by molar-refractivity contribution is 7.17. The monoisotopic (exact) mass is 451 g/mol. The SMILES string of the molecule is O=C(NCc1cccnc1)c1c(NC(=O)[C@@H]2[C@@H](C(=O)O)[C@@H]3C=C[C@H]2C3)sc2c1CCCC2.